The van der Waals surface area contributed by atoms with Crippen LogP contribution in [-0.2, 0) is 6.54 Å². The fourth-order valence-corrected chi connectivity index (χ4v) is 3.73. The average Bonchev–Trinajstić information content (AvgIpc) is 3.56. The number of rotatable bonds is 7. The summed E-state index contributed by atoms with van der Waals surface area (Å²) in [5.41, 5.74) is 4.41. The first kappa shape index (κ1) is 21.2. The van der Waals surface area contributed by atoms with E-state index in [1.165, 1.54) is 6.39 Å². The van der Waals surface area contributed by atoms with Gasteiger partial charge in [-0.15, -0.1) is 0 Å². The van der Waals surface area contributed by atoms with Gasteiger partial charge < -0.3 is 14.5 Å². The van der Waals surface area contributed by atoms with Gasteiger partial charge >= 0.3 is 0 Å². The Labute approximate surface area is 196 Å². The normalized spacial score (nSPS) is 10.7. The molecule has 3 aromatic carbocycles. The SMILES string of the molecule is COc1cccc(-c2nn(Cc3ccccc3)cc2C(=O)Nc2cccc(-c3cnco3)c2)c1. The van der Waals surface area contributed by atoms with Gasteiger partial charge in [-0.3, -0.25) is 9.48 Å². The highest BCUT2D eigenvalue weighted by Crippen LogP contribution is 2.28. The van der Waals surface area contributed by atoms with Crippen molar-refractivity contribution < 1.29 is 13.9 Å². The summed E-state index contributed by atoms with van der Waals surface area (Å²) in [6, 6.07) is 25.0. The number of hydrogen-bond acceptors (Lipinski definition) is 5. The summed E-state index contributed by atoms with van der Waals surface area (Å²) in [5.74, 6) is 1.07. The van der Waals surface area contributed by atoms with Crippen LogP contribution in [-0.4, -0.2) is 27.8 Å². The van der Waals surface area contributed by atoms with E-state index in [9.17, 15) is 4.79 Å². The van der Waals surface area contributed by atoms with Crippen LogP contribution < -0.4 is 10.1 Å². The van der Waals surface area contributed by atoms with Crippen LogP contribution in [0.25, 0.3) is 22.6 Å². The number of anilines is 1. The highest BCUT2D eigenvalue weighted by atomic mass is 16.5. The van der Waals surface area contributed by atoms with Crippen molar-refractivity contribution in [2.24, 2.45) is 0 Å². The second kappa shape index (κ2) is 9.46. The minimum atomic E-state index is -0.258. The van der Waals surface area contributed by atoms with Crippen LogP contribution in [0.3, 0.4) is 0 Å². The highest BCUT2D eigenvalue weighted by molar-refractivity contribution is 6.08. The third-order valence-electron chi connectivity index (χ3n) is 5.37. The van der Waals surface area contributed by atoms with E-state index >= 15 is 0 Å². The Balaban J connectivity index is 1.48. The Morgan fingerprint density at radius 2 is 1.82 bits per heavy atom. The number of aromatic nitrogens is 3. The van der Waals surface area contributed by atoms with Crippen molar-refractivity contribution in [2.45, 2.75) is 6.54 Å². The zero-order valence-electron chi connectivity index (χ0n) is 18.5. The highest BCUT2D eigenvalue weighted by Gasteiger charge is 2.19. The van der Waals surface area contributed by atoms with Crippen molar-refractivity contribution in [1.82, 2.24) is 14.8 Å². The molecular weight excluding hydrogens is 428 g/mol. The molecule has 0 atom stereocenters. The van der Waals surface area contributed by atoms with Crippen LogP contribution >= 0.6 is 0 Å². The van der Waals surface area contributed by atoms with E-state index in [0.29, 0.717) is 35.0 Å². The molecule has 2 heterocycles. The summed E-state index contributed by atoms with van der Waals surface area (Å²) in [6.45, 7) is 0.548. The van der Waals surface area contributed by atoms with E-state index in [-0.39, 0.29) is 5.91 Å². The molecule has 1 N–H and O–H groups in total. The predicted octanol–water partition coefficient (Wildman–Crippen LogP) is 5.51. The van der Waals surface area contributed by atoms with Crippen molar-refractivity contribution in [2.75, 3.05) is 12.4 Å². The number of ether oxygens (including phenoxy) is 1. The molecule has 0 aliphatic carbocycles. The first-order valence-corrected chi connectivity index (χ1v) is 10.8. The molecule has 7 heteroatoms. The third-order valence-corrected chi connectivity index (χ3v) is 5.37. The fourth-order valence-electron chi connectivity index (χ4n) is 3.73. The zero-order chi connectivity index (χ0) is 23.3. The number of carbonyl (C=O) groups is 1. The van der Waals surface area contributed by atoms with Crippen LogP contribution in [0.15, 0.2) is 102 Å². The molecule has 0 saturated carbocycles. The van der Waals surface area contributed by atoms with Crippen LogP contribution in [0.1, 0.15) is 15.9 Å². The van der Waals surface area contributed by atoms with Crippen molar-refractivity contribution >= 4 is 11.6 Å². The molecular formula is C27H22N4O3. The van der Waals surface area contributed by atoms with E-state index in [2.05, 4.69) is 10.3 Å². The van der Waals surface area contributed by atoms with E-state index < -0.39 is 0 Å². The summed E-state index contributed by atoms with van der Waals surface area (Å²) in [6.07, 6.45) is 4.79. The smallest absolute Gasteiger partial charge is 0.259 e. The lowest BCUT2D eigenvalue weighted by molar-refractivity contribution is 0.102. The first-order valence-electron chi connectivity index (χ1n) is 10.8. The Kier molecular flexibility index (Phi) is 5.90. The van der Waals surface area contributed by atoms with E-state index in [4.69, 9.17) is 14.3 Å². The fraction of sp³-hybridized carbons (Fsp3) is 0.0741. The number of methoxy groups -OCH3 is 1. The molecule has 168 valence electrons. The summed E-state index contributed by atoms with van der Waals surface area (Å²) in [7, 11) is 1.61. The van der Waals surface area contributed by atoms with Gasteiger partial charge in [-0.1, -0.05) is 54.6 Å². The van der Waals surface area contributed by atoms with Gasteiger partial charge in [-0.05, 0) is 29.8 Å². The second-order valence-electron chi connectivity index (χ2n) is 7.71. The number of nitrogens with one attached hydrogen (secondary N) is 1. The number of amides is 1. The lowest BCUT2D eigenvalue weighted by Crippen LogP contribution is -2.12. The largest absolute Gasteiger partial charge is 0.497 e. The maximum atomic E-state index is 13.4. The van der Waals surface area contributed by atoms with Gasteiger partial charge in [0, 0.05) is 23.0 Å². The van der Waals surface area contributed by atoms with Crippen LogP contribution in [0.5, 0.6) is 5.75 Å². The Bertz CT molecular complexity index is 1410. The molecule has 0 radical (unpaired) electrons. The van der Waals surface area contributed by atoms with Crippen molar-refractivity contribution in [3.8, 4) is 28.3 Å². The number of oxazole rings is 1. The van der Waals surface area contributed by atoms with Gasteiger partial charge in [-0.2, -0.15) is 5.10 Å². The second-order valence-corrected chi connectivity index (χ2v) is 7.71. The molecule has 5 rings (SSSR count). The van der Waals surface area contributed by atoms with E-state index in [1.807, 2.05) is 78.9 Å². The van der Waals surface area contributed by atoms with Crippen molar-refractivity contribution in [1.29, 1.82) is 0 Å². The maximum absolute atomic E-state index is 13.4. The molecule has 0 bridgehead atoms. The van der Waals surface area contributed by atoms with Gasteiger partial charge in [0.05, 0.1) is 25.4 Å². The van der Waals surface area contributed by atoms with Crippen LogP contribution in [0, 0.1) is 0 Å². The van der Waals surface area contributed by atoms with Crippen LogP contribution in [0.4, 0.5) is 5.69 Å². The molecule has 34 heavy (non-hydrogen) atoms. The zero-order valence-corrected chi connectivity index (χ0v) is 18.5. The van der Waals surface area contributed by atoms with Gasteiger partial charge in [0.25, 0.3) is 5.91 Å². The molecule has 0 saturated heterocycles. The number of benzene rings is 3. The number of hydrogen-bond donors (Lipinski definition) is 1. The van der Waals surface area contributed by atoms with Gasteiger partial charge in [-0.25, -0.2) is 4.98 Å². The summed E-state index contributed by atoms with van der Waals surface area (Å²) >= 11 is 0. The van der Waals surface area contributed by atoms with Crippen molar-refractivity contribution in [3.05, 3.63) is 109 Å². The minimum absolute atomic E-state index is 0.258. The summed E-state index contributed by atoms with van der Waals surface area (Å²) in [5, 5.41) is 7.74. The molecule has 0 aliphatic heterocycles. The Morgan fingerprint density at radius 3 is 2.62 bits per heavy atom. The Morgan fingerprint density at radius 1 is 1.00 bits per heavy atom. The summed E-state index contributed by atoms with van der Waals surface area (Å²) in [4.78, 5) is 17.4. The van der Waals surface area contributed by atoms with E-state index in [1.54, 1.807) is 24.2 Å². The van der Waals surface area contributed by atoms with Crippen LogP contribution in [0.2, 0.25) is 0 Å². The quantitative estimate of drug-likeness (QED) is 0.353. The Hall–Kier alpha value is -4.65. The predicted molar refractivity (Wildman–Crippen MR) is 130 cm³/mol. The monoisotopic (exact) mass is 450 g/mol. The average molecular weight is 450 g/mol. The van der Waals surface area contributed by atoms with Crippen molar-refractivity contribution in [3.63, 3.8) is 0 Å². The molecule has 5 aromatic rings. The molecule has 2 aromatic heterocycles. The standard InChI is InChI=1S/C27H22N4O3/c1-33-23-12-6-10-21(14-23)26-24(17-31(30-26)16-19-7-3-2-4-8-19)27(32)29-22-11-5-9-20(13-22)25-15-28-18-34-25/h2-15,17-18H,16H2,1H3,(H,29,32). The molecule has 1 amide bonds. The summed E-state index contributed by atoms with van der Waals surface area (Å²) < 4.78 is 12.5. The maximum Gasteiger partial charge on any atom is 0.259 e. The first-order chi connectivity index (χ1) is 16.7. The lowest BCUT2D eigenvalue weighted by Gasteiger charge is -2.07. The molecule has 7 nitrogen and oxygen atoms in total. The minimum Gasteiger partial charge on any atom is -0.497 e. The molecule has 0 unspecified atom stereocenters. The van der Waals surface area contributed by atoms with Gasteiger partial charge in [0.2, 0.25) is 0 Å². The van der Waals surface area contributed by atoms with E-state index in [0.717, 1.165) is 16.7 Å². The molecule has 0 fully saturated rings. The molecule has 0 aliphatic rings. The topological polar surface area (TPSA) is 82.2 Å². The number of carbonyl (C=O) groups excluding carboxylic acids is 1. The number of nitrogens with zero attached hydrogens (tertiary/aromatic N) is 3. The molecule has 0 spiro atoms. The van der Waals surface area contributed by atoms with Gasteiger partial charge in [0.1, 0.15) is 11.4 Å². The van der Waals surface area contributed by atoms with Gasteiger partial charge in [0.15, 0.2) is 12.2 Å². The third kappa shape index (κ3) is 4.59. The lowest BCUT2D eigenvalue weighted by atomic mass is 10.1.